The number of benzene rings is 2. The fourth-order valence-electron chi connectivity index (χ4n) is 2.04. The molecule has 0 aliphatic rings. The van der Waals surface area contributed by atoms with Gasteiger partial charge < -0.3 is 15.2 Å². The summed E-state index contributed by atoms with van der Waals surface area (Å²) in [5.74, 6) is 1.23. The average Bonchev–Trinajstić information content (AvgIpc) is 2.55. The number of nitriles is 1. The minimum Gasteiger partial charge on any atom is -0.497 e. The van der Waals surface area contributed by atoms with E-state index in [4.69, 9.17) is 15.2 Å². The summed E-state index contributed by atoms with van der Waals surface area (Å²) < 4.78 is 10.5. The number of allylic oxidation sites excluding steroid dienone is 1. The van der Waals surface area contributed by atoms with Gasteiger partial charge in [-0.15, -0.1) is 0 Å². The third-order valence-electron chi connectivity index (χ3n) is 3.14. The van der Waals surface area contributed by atoms with Gasteiger partial charge in [-0.2, -0.15) is 5.26 Å². The maximum absolute atomic E-state index is 9.42. The maximum Gasteiger partial charge on any atom is 0.131 e. The van der Waals surface area contributed by atoms with Crippen LogP contribution in [-0.2, 0) is 0 Å². The van der Waals surface area contributed by atoms with Crippen LogP contribution in [0.25, 0.3) is 11.3 Å². The Morgan fingerprint density at radius 2 is 1.76 bits per heavy atom. The highest BCUT2D eigenvalue weighted by atomic mass is 16.5. The van der Waals surface area contributed by atoms with E-state index in [1.54, 1.807) is 32.4 Å². The van der Waals surface area contributed by atoms with Crippen molar-refractivity contribution in [3.05, 3.63) is 59.7 Å². The molecule has 2 N–H and O–H groups in total. The SMILES string of the molecule is COc1ccc(/C(N)=C(/C#N)c2ccccc2)c(OC)c1. The van der Waals surface area contributed by atoms with Crippen LogP contribution in [0.2, 0.25) is 0 Å². The van der Waals surface area contributed by atoms with Crippen LogP contribution in [0.4, 0.5) is 0 Å². The largest absolute Gasteiger partial charge is 0.497 e. The molecule has 0 saturated heterocycles. The molecule has 0 saturated carbocycles. The van der Waals surface area contributed by atoms with Crippen LogP contribution in [0.15, 0.2) is 48.5 Å². The lowest BCUT2D eigenvalue weighted by Crippen LogP contribution is -2.03. The Kier molecular flexibility index (Phi) is 4.47. The Balaban J connectivity index is 2.59. The zero-order valence-electron chi connectivity index (χ0n) is 12.0. The Morgan fingerprint density at radius 1 is 1.05 bits per heavy atom. The predicted octanol–water partition coefficient (Wildman–Crippen LogP) is 3.05. The van der Waals surface area contributed by atoms with Gasteiger partial charge in [-0.3, -0.25) is 0 Å². The molecule has 0 radical (unpaired) electrons. The fourth-order valence-corrected chi connectivity index (χ4v) is 2.04. The van der Waals surface area contributed by atoms with Crippen LogP contribution in [0.3, 0.4) is 0 Å². The summed E-state index contributed by atoms with van der Waals surface area (Å²) in [6.45, 7) is 0. The lowest BCUT2D eigenvalue weighted by molar-refractivity contribution is 0.393. The quantitative estimate of drug-likeness (QED) is 0.690. The second kappa shape index (κ2) is 6.49. The van der Waals surface area contributed by atoms with Crippen LogP contribution in [0, 0.1) is 11.3 Å². The van der Waals surface area contributed by atoms with Crippen LogP contribution in [0.5, 0.6) is 11.5 Å². The third-order valence-corrected chi connectivity index (χ3v) is 3.14. The first-order chi connectivity index (χ1) is 10.2. The zero-order valence-corrected chi connectivity index (χ0v) is 12.0. The number of hydrogen-bond donors (Lipinski definition) is 1. The molecule has 106 valence electrons. The molecule has 0 bridgehead atoms. The van der Waals surface area contributed by atoms with Crippen molar-refractivity contribution in [2.75, 3.05) is 14.2 Å². The standard InChI is InChI=1S/C17H16N2O2/c1-20-13-8-9-14(16(10-13)21-2)17(19)15(11-18)12-6-4-3-5-7-12/h3-10H,19H2,1-2H3/b17-15+. The van der Waals surface area contributed by atoms with Crippen LogP contribution >= 0.6 is 0 Å². The molecule has 0 atom stereocenters. The first-order valence-electron chi connectivity index (χ1n) is 6.39. The molecule has 0 heterocycles. The molecule has 0 aliphatic heterocycles. The normalized spacial score (nSPS) is 11.3. The van der Waals surface area contributed by atoms with E-state index in [9.17, 15) is 5.26 Å². The van der Waals surface area contributed by atoms with Crippen molar-refractivity contribution in [3.63, 3.8) is 0 Å². The van der Waals surface area contributed by atoms with Gasteiger partial charge in [0.1, 0.15) is 17.6 Å². The minimum atomic E-state index is 0.378. The van der Waals surface area contributed by atoms with Crippen molar-refractivity contribution in [1.29, 1.82) is 5.26 Å². The Hall–Kier alpha value is -2.93. The highest BCUT2D eigenvalue weighted by molar-refractivity contribution is 5.97. The molecular formula is C17H16N2O2. The Bertz CT molecular complexity index is 700. The fraction of sp³-hybridized carbons (Fsp3) is 0.118. The predicted molar refractivity (Wildman–Crippen MR) is 82.6 cm³/mol. The summed E-state index contributed by atoms with van der Waals surface area (Å²) in [7, 11) is 3.14. The zero-order chi connectivity index (χ0) is 15.2. The van der Waals surface area contributed by atoms with Gasteiger partial charge in [0.15, 0.2) is 0 Å². The van der Waals surface area contributed by atoms with E-state index in [-0.39, 0.29) is 0 Å². The summed E-state index contributed by atoms with van der Waals surface area (Å²) >= 11 is 0. The second-order valence-electron chi connectivity index (χ2n) is 4.33. The molecule has 0 aromatic heterocycles. The van der Waals surface area contributed by atoms with E-state index < -0.39 is 0 Å². The molecule has 0 unspecified atom stereocenters. The highest BCUT2D eigenvalue weighted by Gasteiger charge is 2.13. The van der Waals surface area contributed by atoms with Crippen molar-refractivity contribution >= 4 is 11.3 Å². The van der Waals surface area contributed by atoms with E-state index >= 15 is 0 Å². The molecule has 0 amide bonds. The van der Waals surface area contributed by atoms with Gasteiger partial charge in [0.2, 0.25) is 0 Å². The van der Waals surface area contributed by atoms with Gasteiger partial charge in [-0.1, -0.05) is 30.3 Å². The van der Waals surface area contributed by atoms with Gasteiger partial charge in [0, 0.05) is 11.6 Å². The number of nitrogens with zero attached hydrogens (tertiary/aromatic N) is 1. The van der Waals surface area contributed by atoms with Crippen LogP contribution in [-0.4, -0.2) is 14.2 Å². The summed E-state index contributed by atoms with van der Waals surface area (Å²) in [6, 6.07) is 16.8. The van der Waals surface area contributed by atoms with Crippen molar-refractivity contribution in [2.24, 2.45) is 5.73 Å². The van der Waals surface area contributed by atoms with Crippen molar-refractivity contribution in [3.8, 4) is 17.6 Å². The number of methoxy groups -OCH3 is 2. The van der Waals surface area contributed by atoms with Gasteiger partial charge in [-0.25, -0.2) is 0 Å². The van der Waals surface area contributed by atoms with Crippen LogP contribution in [0.1, 0.15) is 11.1 Å². The topological polar surface area (TPSA) is 68.3 Å². The lowest BCUT2D eigenvalue weighted by atomic mass is 10.0. The summed E-state index contributed by atoms with van der Waals surface area (Å²) in [5, 5.41) is 9.42. The molecule has 0 fully saturated rings. The van der Waals surface area contributed by atoms with Crippen LogP contribution < -0.4 is 15.2 Å². The third kappa shape index (κ3) is 2.98. The van der Waals surface area contributed by atoms with E-state index in [1.807, 2.05) is 30.3 Å². The average molecular weight is 280 g/mol. The molecule has 21 heavy (non-hydrogen) atoms. The minimum absolute atomic E-state index is 0.378. The summed E-state index contributed by atoms with van der Waals surface area (Å²) in [4.78, 5) is 0. The Labute approximate surface area is 124 Å². The van der Waals surface area contributed by atoms with E-state index in [1.165, 1.54) is 0 Å². The van der Waals surface area contributed by atoms with E-state index in [2.05, 4.69) is 6.07 Å². The van der Waals surface area contributed by atoms with Crippen molar-refractivity contribution < 1.29 is 9.47 Å². The molecule has 0 spiro atoms. The number of hydrogen-bond acceptors (Lipinski definition) is 4. The molecule has 2 aromatic rings. The van der Waals surface area contributed by atoms with Crippen molar-refractivity contribution in [2.45, 2.75) is 0 Å². The number of nitrogens with two attached hydrogens (primary N) is 1. The summed E-state index contributed by atoms with van der Waals surface area (Å²) in [6.07, 6.45) is 0. The van der Waals surface area contributed by atoms with Gasteiger partial charge in [-0.05, 0) is 17.7 Å². The van der Waals surface area contributed by atoms with Gasteiger partial charge in [0.25, 0.3) is 0 Å². The highest BCUT2D eigenvalue weighted by Crippen LogP contribution is 2.31. The first-order valence-corrected chi connectivity index (χ1v) is 6.39. The summed E-state index contributed by atoms with van der Waals surface area (Å²) in [5.41, 5.74) is 8.42. The molecule has 0 aliphatic carbocycles. The molecule has 2 rings (SSSR count). The van der Waals surface area contributed by atoms with E-state index in [0.29, 0.717) is 28.3 Å². The Morgan fingerprint density at radius 3 is 2.33 bits per heavy atom. The molecule has 4 nitrogen and oxygen atoms in total. The number of ether oxygens (including phenoxy) is 2. The van der Waals surface area contributed by atoms with Crippen molar-refractivity contribution in [1.82, 2.24) is 0 Å². The number of rotatable bonds is 4. The maximum atomic E-state index is 9.42. The van der Waals surface area contributed by atoms with Gasteiger partial charge in [0.05, 0.1) is 25.5 Å². The van der Waals surface area contributed by atoms with E-state index in [0.717, 1.165) is 5.56 Å². The smallest absolute Gasteiger partial charge is 0.131 e. The first kappa shape index (κ1) is 14.5. The molecule has 2 aromatic carbocycles. The van der Waals surface area contributed by atoms with Gasteiger partial charge >= 0.3 is 0 Å². The molecular weight excluding hydrogens is 264 g/mol. The second-order valence-corrected chi connectivity index (χ2v) is 4.33. The molecule has 4 heteroatoms. The monoisotopic (exact) mass is 280 g/mol. The lowest BCUT2D eigenvalue weighted by Gasteiger charge is -2.12.